The standard InChI is InChI=1S/C17H31N3/c1-13(8-16-11-18-12-20-16)7-15-6-5-14(10-19-15)9-17(2,3)4/h11-15,19H,5-10H2,1-4H3,(H,18,20). The molecule has 3 unspecified atom stereocenters. The Morgan fingerprint density at radius 2 is 2.15 bits per heavy atom. The normalized spacial score (nSPS) is 25.6. The Labute approximate surface area is 124 Å². The maximum Gasteiger partial charge on any atom is 0.0921 e. The van der Waals surface area contributed by atoms with Crippen molar-refractivity contribution in [3.8, 4) is 0 Å². The third-order valence-electron chi connectivity index (χ3n) is 4.33. The van der Waals surface area contributed by atoms with Crippen LogP contribution < -0.4 is 5.32 Å². The summed E-state index contributed by atoms with van der Waals surface area (Å²) in [6.45, 7) is 10.6. The van der Waals surface area contributed by atoms with Gasteiger partial charge in [-0.1, -0.05) is 27.7 Å². The maximum absolute atomic E-state index is 4.09. The molecule has 0 radical (unpaired) electrons. The van der Waals surface area contributed by atoms with Crippen LogP contribution in [0.3, 0.4) is 0 Å². The van der Waals surface area contributed by atoms with Crippen molar-refractivity contribution in [3.63, 3.8) is 0 Å². The van der Waals surface area contributed by atoms with Crippen molar-refractivity contribution >= 4 is 0 Å². The van der Waals surface area contributed by atoms with Crippen molar-refractivity contribution < 1.29 is 0 Å². The van der Waals surface area contributed by atoms with E-state index in [9.17, 15) is 0 Å². The van der Waals surface area contributed by atoms with Crippen LogP contribution in [0.5, 0.6) is 0 Å². The average molecular weight is 277 g/mol. The van der Waals surface area contributed by atoms with Gasteiger partial charge in [0.25, 0.3) is 0 Å². The van der Waals surface area contributed by atoms with E-state index >= 15 is 0 Å². The molecule has 1 aliphatic rings. The quantitative estimate of drug-likeness (QED) is 0.860. The van der Waals surface area contributed by atoms with E-state index in [4.69, 9.17) is 0 Å². The first-order chi connectivity index (χ1) is 9.42. The summed E-state index contributed by atoms with van der Waals surface area (Å²) in [5.74, 6) is 1.58. The van der Waals surface area contributed by atoms with E-state index in [1.54, 1.807) is 6.33 Å². The number of H-pyrrole nitrogens is 1. The summed E-state index contributed by atoms with van der Waals surface area (Å²) in [4.78, 5) is 7.30. The summed E-state index contributed by atoms with van der Waals surface area (Å²) >= 11 is 0. The summed E-state index contributed by atoms with van der Waals surface area (Å²) in [5, 5.41) is 3.78. The summed E-state index contributed by atoms with van der Waals surface area (Å²) in [5.41, 5.74) is 1.73. The summed E-state index contributed by atoms with van der Waals surface area (Å²) < 4.78 is 0. The summed E-state index contributed by atoms with van der Waals surface area (Å²) in [7, 11) is 0. The minimum atomic E-state index is 0.465. The van der Waals surface area contributed by atoms with Gasteiger partial charge in [-0.25, -0.2) is 4.98 Å². The zero-order valence-electron chi connectivity index (χ0n) is 13.6. The van der Waals surface area contributed by atoms with E-state index in [2.05, 4.69) is 43.0 Å². The largest absolute Gasteiger partial charge is 0.348 e. The smallest absolute Gasteiger partial charge is 0.0921 e. The highest BCUT2D eigenvalue weighted by Crippen LogP contribution is 2.30. The topological polar surface area (TPSA) is 40.7 Å². The lowest BCUT2D eigenvalue weighted by Crippen LogP contribution is -2.41. The molecule has 0 bridgehead atoms. The third kappa shape index (κ3) is 5.28. The van der Waals surface area contributed by atoms with Crippen LogP contribution in [-0.2, 0) is 6.42 Å². The van der Waals surface area contributed by atoms with Gasteiger partial charge < -0.3 is 10.3 Å². The van der Waals surface area contributed by atoms with Crippen molar-refractivity contribution in [2.45, 2.75) is 65.8 Å². The Hall–Kier alpha value is -0.830. The minimum Gasteiger partial charge on any atom is -0.348 e. The predicted molar refractivity (Wildman–Crippen MR) is 84.7 cm³/mol. The van der Waals surface area contributed by atoms with E-state index in [1.165, 1.54) is 37.9 Å². The van der Waals surface area contributed by atoms with Gasteiger partial charge in [0.2, 0.25) is 0 Å². The molecule has 114 valence electrons. The van der Waals surface area contributed by atoms with Crippen LogP contribution in [0.4, 0.5) is 0 Å². The molecule has 0 aromatic carbocycles. The molecule has 3 heteroatoms. The van der Waals surface area contributed by atoms with E-state index in [-0.39, 0.29) is 0 Å². The molecule has 3 atom stereocenters. The Morgan fingerprint density at radius 1 is 1.35 bits per heavy atom. The second-order valence-corrected chi connectivity index (χ2v) is 7.94. The molecule has 20 heavy (non-hydrogen) atoms. The molecule has 1 aromatic heterocycles. The van der Waals surface area contributed by atoms with Crippen LogP contribution >= 0.6 is 0 Å². The Kier molecular flexibility index (Phi) is 5.25. The first kappa shape index (κ1) is 15.6. The van der Waals surface area contributed by atoms with Gasteiger partial charge in [-0.05, 0) is 55.9 Å². The molecule has 0 spiro atoms. The fourth-order valence-electron chi connectivity index (χ4n) is 3.56. The van der Waals surface area contributed by atoms with Crippen molar-refractivity contribution in [3.05, 3.63) is 18.2 Å². The molecule has 0 aliphatic carbocycles. The highest BCUT2D eigenvalue weighted by atomic mass is 14.9. The molecule has 2 rings (SSSR count). The second kappa shape index (κ2) is 6.75. The van der Waals surface area contributed by atoms with Crippen LogP contribution in [-0.4, -0.2) is 22.6 Å². The third-order valence-corrected chi connectivity index (χ3v) is 4.33. The molecule has 2 N–H and O–H groups in total. The van der Waals surface area contributed by atoms with Crippen molar-refractivity contribution in [1.29, 1.82) is 0 Å². The number of rotatable bonds is 5. The fourth-order valence-corrected chi connectivity index (χ4v) is 3.56. The van der Waals surface area contributed by atoms with E-state index in [0.29, 0.717) is 17.4 Å². The van der Waals surface area contributed by atoms with Crippen LogP contribution in [0.15, 0.2) is 12.5 Å². The average Bonchev–Trinajstić information content (AvgIpc) is 2.82. The molecule has 3 nitrogen and oxygen atoms in total. The molecule has 0 amide bonds. The Balaban J connectivity index is 1.69. The number of aromatic amines is 1. The van der Waals surface area contributed by atoms with Crippen LogP contribution in [0.1, 0.15) is 59.1 Å². The van der Waals surface area contributed by atoms with Gasteiger partial charge in [-0.15, -0.1) is 0 Å². The molecular weight excluding hydrogens is 246 g/mol. The first-order valence-electron chi connectivity index (χ1n) is 8.13. The molecule has 1 fully saturated rings. The van der Waals surface area contributed by atoms with Crippen molar-refractivity contribution in [2.75, 3.05) is 6.54 Å². The molecule has 2 heterocycles. The number of hydrogen-bond donors (Lipinski definition) is 2. The SMILES string of the molecule is CC(Cc1cnc[nH]1)CC1CCC(CC(C)(C)C)CN1. The minimum absolute atomic E-state index is 0.465. The predicted octanol–water partition coefficient (Wildman–Crippen LogP) is 3.78. The number of nitrogens with zero attached hydrogens (tertiary/aromatic N) is 1. The van der Waals surface area contributed by atoms with E-state index in [1.807, 2.05) is 6.20 Å². The number of hydrogen-bond acceptors (Lipinski definition) is 2. The maximum atomic E-state index is 4.09. The molecule has 1 saturated heterocycles. The fraction of sp³-hybridized carbons (Fsp3) is 0.824. The second-order valence-electron chi connectivity index (χ2n) is 7.94. The number of aromatic nitrogens is 2. The monoisotopic (exact) mass is 277 g/mol. The van der Waals surface area contributed by atoms with Gasteiger partial charge in [-0.2, -0.15) is 0 Å². The Bertz CT molecular complexity index is 369. The van der Waals surface area contributed by atoms with E-state index < -0.39 is 0 Å². The number of piperidine rings is 1. The molecule has 0 saturated carbocycles. The zero-order valence-corrected chi connectivity index (χ0v) is 13.6. The lowest BCUT2D eigenvalue weighted by molar-refractivity contribution is 0.213. The zero-order chi connectivity index (χ0) is 14.6. The lowest BCUT2D eigenvalue weighted by atomic mass is 9.79. The van der Waals surface area contributed by atoms with Crippen molar-refractivity contribution in [2.24, 2.45) is 17.3 Å². The first-order valence-corrected chi connectivity index (χ1v) is 8.13. The van der Waals surface area contributed by atoms with Gasteiger partial charge in [0, 0.05) is 17.9 Å². The van der Waals surface area contributed by atoms with Gasteiger partial charge in [0.05, 0.1) is 6.33 Å². The van der Waals surface area contributed by atoms with Gasteiger partial charge in [-0.3, -0.25) is 0 Å². The van der Waals surface area contributed by atoms with Gasteiger partial charge in [0.1, 0.15) is 0 Å². The van der Waals surface area contributed by atoms with Crippen LogP contribution in [0.2, 0.25) is 0 Å². The molecule has 1 aliphatic heterocycles. The highest BCUT2D eigenvalue weighted by Gasteiger charge is 2.25. The number of nitrogens with one attached hydrogen (secondary N) is 2. The van der Waals surface area contributed by atoms with E-state index in [0.717, 1.165) is 12.3 Å². The summed E-state index contributed by atoms with van der Waals surface area (Å²) in [6.07, 6.45) is 10.2. The van der Waals surface area contributed by atoms with Crippen LogP contribution in [0, 0.1) is 17.3 Å². The van der Waals surface area contributed by atoms with Gasteiger partial charge >= 0.3 is 0 Å². The lowest BCUT2D eigenvalue weighted by Gasteiger charge is -2.34. The van der Waals surface area contributed by atoms with Gasteiger partial charge in [0.15, 0.2) is 0 Å². The highest BCUT2D eigenvalue weighted by molar-refractivity contribution is 4.96. The Morgan fingerprint density at radius 3 is 2.70 bits per heavy atom. The van der Waals surface area contributed by atoms with Crippen LogP contribution in [0.25, 0.3) is 0 Å². The summed E-state index contributed by atoms with van der Waals surface area (Å²) in [6, 6.07) is 0.712. The molecular formula is C17H31N3. The molecule has 1 aromatic rings. The number of imidazole rings is 1. The van der Waals surface area contributed by atoms with Crippen molar-refractivity contribution in [1.82, 2.24) is 15.3 Å².